The number of amides is 1. The van der Waals surface area contributed by atoms with Gasteiger partial charge in [0.25, 0.3) is 0 Å². The first-order valence-corrected chi connectivity index (χ1v) is 8.98. The molecule has 2 aromatic rings. The predicted molar refractivity (Wildman–Crippen MR) is 98.9 cm³/mol. The van der Waals surface area contributed by atoms with Crippen LogP contribution in [0.2, 0.25) is 0 Å². The van der Waals surface area contributed by atoms with E-state index in [4.69, 9.17) is 0 Å². The Morgan fingerprint density at radius 2 is 1.52 bits per heavy atom. The van der Waals surface area contributed by atoms with E-state index < -0.39 is 0 Å². The van der Waals surface area contributed by atoms with Crippen LogP contribution < -0.4 is 5.32 Å². The Morgan fingerprint density at radius 3 is 2.04 bits per heavy atom. The highest BCUT2D eigenvalue weighted by Gasteiger charge is 2.18. The monoisotopic (exact) mass is 327 g/mol. The molecule has 0 heterocycles. The molecule has 0 fully saturated rings. The summed E-state index contributed by atoms with van der Waals surface area (Å²) in [4.78, 5) is 13.6. The first-order chi connectivity index (χ1) is 11.0. The molecule has 0 unspecified atom stereocenters. The molecule has 0 saturated heterocycles. The molecule has 0 aliphatic heterocycles. The van der Waals surface area contributed by atoms with Crippen molar-refractivity contribution >= 4 is 17.7 Å². The van der Waals surface area contributed by atoms with E-state index in [2.05, 4.69) is 74.6 Å². The molecule has 2 rings (SSSR count). The molecule has 2 aromatic carbocycles. The minimum Gasteiger partial charge on any atom is -0.348 e. The Balaban J connectivity index is 1.98. The normalized spacial score (nSPS) is 13.4. The average Bonchev–Trinajstić information content (AvgIpc) is 2.55. The van der Waals surface area contributed by atoms with E-state index in [1.807, 2.05) is 6.92 Å². The SMILES string of the molecule is CC[C@H](NC(=O)[C@H](C)Sc1ccc(C)cc1)c1ccc(C)cc1. The lowest BCUT2D eigenvalue weighted by Crippen LogP contribution is -2.34. The zero-order valence-corrected chi connectivity index (χ0v) is 15.1. The molecule has 122 valence electrons. The molecule has 2 atom stereocenters. The van der Waals surface area contributed by atoms with Gasteiger partial charge in [-0.15, -0.1) is 11.8 Å². The van der Waals surface area contributed by atoms with Crippen LogP contribution in [0.5, 0.6) is 0 Å². The molecule has 0 aromatic heterocycles. The molecule has 3 heteroatoms. The maximum Gasteiger partial charge on any atom is 0.233 e. The van der Waals surface area contributed by atoms with Crippen molar-refractivity contribution in [3.8, 4) is 0 Å². The minimum atomic E-state index is -0.114. The van der Waals surface area contributed by atoms with E-state index in [1.165, 1.54) is 16.7 Å². The molecule has 0 saturated carbocycles. The maximum absolute atomic E-state index is 12.5. The molecular formula is C20H25NOS. The number of thioether (sulfide) groups is 1. The average molecular weight is 327 g/mol. The Kier molecular flexibility index (Phi) is 6.28. The number of aryl methyl sites for hydroxylation is 2. The van der Waals surface area contributed by atoms with Gasteiger partial charge in [0.1, 0.15) is 0 Å². The van der Waals surface area contributed by atoms with Crippen LogP contribution in [-0.4, -0.2) is 11.2 Å². The molecule has 1 amide bonds. The van der Waals surface area contributed by atoms with E-state index >= 15 is 0 Å². The first kappa shape index (κ1) is 17.6. The standard InChI is InChI=1S/C20H25NOS/c1-5-19(17-10-6-14(2)7-11-17)21-20(22)16(4)23-18-12-8-15(3)9-13-18/h6-13,16,19H,5H2,1-4H3,(H,21,22)/t16-,19-/m0/s1. The van der Waals surface area contributed by atoms with Gasteiger partial charge < -0.3 is 5.32 Å². The highest BCUT2D eigenvalue weighted by molar-refractivity contribution is 8.00. The van der Waals surface area contributed by atoms with Gasteiger partial charge in [0.2, 0.25) is 5.91 Å². The van der Waals surface area contributed by atoms with Crippen LogP contribution in [0.1, 0.15) is 43.0 Å². The summed E-state index contributed by atoms with van der Waals surface area (Å²) < 4.78 is 0. The number of benzene rings is 2. The third-order valence-corrected chi connectivity index (χ3v) is 5.02. The fraction of sp³-hybridized carbons (Fsp3) is 0.350. The number of nitrogens with one attached hydrogen (secondary N) is 1. The van der Waals surface area contributed by atoms with E-state index in [1.54, 1.807) is 11.8 Å². The largest absolute Gasteiger partial charge is 0.348 e. The molecule has 0 aliphatic rings. The topological polar surface area (TPSA) is 29.1 Å². The van der Waals surface area contributed by atoms with Crippen LogP contribution in [-0.2, 0) is 4.79 Å². The lowest BCUT2D eigenvalue weighted by Gasteiger charge is -2.20. The second-order valence-corrected chi connectivity index (χ2v) is 7.37. The van der Waals surface area contributed by atoms with Gasteiger partial charge in [-0.3, -0.25) is 4.79 Å². The highest BCUT2D eigenvalue weighted by Crippen LogP contribution is 2.25. The van der Waals surface area contributed by atoms with Crippen LogP contribution in [0.3, 0.4) is 0 Å². The molecule has 23 heavy (non-hydrogen) atoms. The summed E-state index contributed by atoms with van der Waals surface area (Å²) in [7, 11) is 0. The number of rotatable bonds is 6. The Labute approximate surface area is 143 Å². The summed E-state index contributed by atoms with van der Waals surface area (Å²) >= 11 is 1.60. The predicted octanol–water partition coefficient (Wildman–Crippen LogP) is 5.05. The molecular weight excluding hydrogens is 302 g/mol. The van der Waals surface area contributed by atoms with Crippen molar-refractivity contribution in [1.82, 2.24) is 5.32 Å². The van der Waals surface area contributed by atoms with Gasteiger partial charge in [0, 0.05) is 4.90 Å². The van der Waals surface area contributed by atoms with Crippen molar-refractivity contribution in [1.29, 1.82) is 0 Å². The number of carbonyl (C=O) groups is 1. The summed E-state index contributed by atoms with van der Waals surface area (Å²) in [6, 6.07) is 16.8. The summed E-state index contributed by atoms with van der Waals surface area (Å²) in [5.41, 5.74) is 3.63. The quantitative estimate of drug-likeness (QED) is 0.752. The van der Waals surface area contributed by atoms with Crippen LogP contribution >= 0.6 is 11.8 Å². The van der Waals surface area contributed by atoms with Crippen molar-refractivity contribution in [3.05, 3.63) is 65.2 Å². The van der Waals surface area contributed by atoms with Crippen LogP contribution in [0.4, 0.5) is 0 Å². The van der Waals surface area contributed by atoms with Crippen LogP contribution in [0.15, 0.2) is 53.4 Å². The number of hydrogen-bond donors (Lipinski definition) is 1. The lowest BCUT2D eigenvalue weighted by atomic mass is 10.0. The van der Waals surface area contributed by atoms with Crippen molar-refractivity contribution in [3.63, 3.8) is 0 Å². The third-order valence-electron chi connectivity index (χ3n) is 3.91. The molecule has 0 spiro atoms. The van der Waals surface area contributed by atoms with E-state index in [0.29, 0.717) is 0 Å². The van der Waals surface area contributed by atoms with Crippen molar-refractivity contribution < 1.29 is 4.79 Å². The Morgan fingerprint density at radius 1 is 1.00 bits per heavy atom. The summed E-state index contributed by atoms with van der Waals surface area (Å²) in [6.45, 7) is 8.20. The second-order valence-electron chi connectivity index (χ2n) is 5.95. The number of hydrogen-bond acceptors (Lipinski definition) is 2. The fourth-order valence-electron chi connectivity index (χ4n) is 2.38. The van der Waals surface area contributed by atoms with Crippen LogP contribution in [0, 0.1) is 13.8 Å². The fourth-order valence-corrected chi connectivity index (χ4v) is 3.26. The third kappa shape index (κ3) is 5.14. The molecule has 0 radical (unpaired) electrons. The van der Waals surface area contributed by atoms with Crippen LogP contribution in [0.25, 0.3) is 0 Å². The van der Waals surface area contributed by atoms with Gasteiger partial charge in [-0.2, -0.15) is 0 Å². The molecule has 1 N–H and O–H groups in total. The smallest absolute Gasteiger partial charge is 0.233 e. The van der Waals surface area contributed by atoms with Crippen molar-refractivity contribution in [2.24, 2.45) is 0 Å². The highest BCUT2D eigenvalue weighted by atomic mass is 32.2. The van der Waals surface area contributed by atoms with E-state index in [-0.39, 0.29) is 17.2 Å². The van der Waals surface area contributed by atoms with Gasteiger partial charge in [0.15, 0.2) is 0 Å². The van der Waals surface area contributed by atoms with Gasteiger partial charge in [-0.05, 0) is 44.9 Å². The Hall–Kier alpha value is -1.74. The Bertz CT molecular complexity index is 634. The van der Waals surface area contributed by atoms with Gasteiger partial charge in [-0.25, -0.2) is 0 Å². The molecule has 0 aliphatic carbocycles. The molecule has 2 nitrogen and oxygen atoms in total. The summed E-state index contributed by atoms with van der Waals surface area (Å²) in [5, 5.41) is 3.06. The van der Waals surface area contributed by atoms with E-state index in [0.717, 1.165) is 11.3 Å². The van der Waals surface area contributed by atoms with Gasteiger partial charge in [-0.1, -0.05) is 54.4 Å². The van der Waals surface area contributed by atoms with E-state index in [9.17, 15) is 4.79 Å². The zero-order chi connectivity index (χ0) is 16.8. The number of carbonyl (C=O) groups excluding carboxylic acids is 1. The zero-order valence-electron chi connectivity index (χ0n) is 14.3. The maximum atomic E-state index is 12.5. The lowest BCUT2D eigenvalue weighted by molar-refractivity contribution is -0.121. The second kappa shape index (κ2) is 8.21. The van der Waals surface area contributed by atoms with Gasteiger partial charge >= 0.3 is 0 Å². The minimum absolute atomic E-state index is 0.0733. The van der Waals surface area contributed by atoms with Crippen molar-refractivity contribution in [2.75, 3.05) is 0 Å². The molecule has 0 bridgehead atoms. The summed E-state index contributed by atoms with van der Waals surface area (Å²) in [6.07, 6.45) is 0.886. The van der Waals surface area contributed by atoms with Crippen molar-refractivity contribution in [2.45, 2.75) is 50.3 Å². The van der Waals surface area contributed by atoms with Gasteiger partial charge in [0.05, 0.1) is 11.3 Å². The first-order valence-electron chi connectivity index (χ1n) is 8.10. The summed E-state index contributed by atoms with van der Waals surface area (Å²) in [5.74, 6) is 0.0861.